The molecule has 2 N–H and O–H groups in total. The van der Waals surface area contributed by atoms with Gasteiger partial charge in [0.1, 0.15) is 0 Å². The Kier molecular flexibility index (Phi) is 4.28. The van der Waals surface area contributed by atoms with Crippen molar-refractivity contribution in [3.63, 3.8) is 0 Å². The molecule has 4 aliphatic carbocycles. The molecule has 0 aromatic rings. The zero-order chi connectivity index (χ0) is 15.9. The average molecular weight is 313 g/mol. The van der Waals surface area contributed by atoms with Crippen LogP contribution in [0.25, 0.3) is 0 Å². The highest BCUT2D eigenvalue weighted by atomic mass is 16.5. The third-order valence-corrected chi connectivity index (χ3v) is 7.70. The van der Waals surface area contributed by atoms with Crippen molar-refractivity contribution in [2.75, 3.05) is 6.54 Å². The minimum absolute atomic E-state index is 0.216. The summed E-state index contributed by atoms with van der Waals surface area (Å²) in [4.78, 5) is 0. The Morgan fingerprint density at radius 2 is 2.00 bits per heavy atom. The molecular formula is C21H31NO. The molecule has 2 heteroatoms. The van der Waals surface area contributed by atoms with Gasteiger partial charge in [-0.1, -0.05) is 23.5 Å². The zero-order valence-corrected chi connectivity index (χ0v) is 14.5. The first-order valence-corrected chi connectivity index (χ1v) is 9.81. The topological polar surface area (TPSA) is 32.3 Å². The second kappa shape index (κ2) is 6.26. The summed E-state index contributed by atoms with van der Waals surface area (Å²) in [7, 11) is 0. The van der Waals surface area contributed by atoms with Crippen LogP contribution >= 0.6 is 0 Å². The highest BCUT2D eigenvalue weighted by Gasteiger charge is 2.55. The van der Waals surface area contributed by atoms with Gasteiger partial charge in [0.2, 0.25) is 0 Å². The van der Waals surface area contributed by atoms with Crippen LogP contribution in [0.4, 0.5) is 0 Å². The smallest absolute Gasteiger partial charge is 0.0278 e. The number of hydrogen-bond acceptors (Lipinski definition) is 2. The lowest BCUT2D eigenvalue weighted by Crippen LogP contribution is -2.47. The van der Waals surface area contributed by atoms with Crippen LogP contribution in [0, 0.1) is 40.9 Å². The lowest BCUT2D eigenvalue weighted by atomic mass is 9.54. The molecule has 3 fully saturated rings. The SMILES string of the molecule is CC#C[C@@H]1CC[C@H]2[C@@H]3CCC4CCCCC4=C3CC[C@]12CNO. The second-order valence-electron chi connectivity index (χ2n) is 8.38. The Balaban J connectivity index is 1.69. The summed E-state index contributed by atoms with van der Waals surface area (Å²) >= 11 is 0. The van der Waals surface area contributed by atoms with Crippen LogP contribution in [0.15, 0.2) is 11.1 Å². The molecule has 0 radical (unpaired) electrons. The molecule has 23 heavy (non-hydrogen) atoms. The maximum Gasteiger partial charge on any atom is 0.0278 e. The summed E-state index contributed by atoms with van der Waals surface area (Å²) in [6.45, 7) is 2.70. The summed E-state index contributed by atoms with van der Waals surface area (Å²) < 4.78 is 0. The number of hydroxylamine groups is 1. The molecule has 0 aromatic carbocycles. The maximum absolute atomic E-state index is 9.52. The van der Waals surface area contributed by atoms with Crippen LogP contribution in [-0.4, -0.2) is 11.8 Å². The molecule has 0 amide bonds. The average Bonchev–Trinajstić information content (AvgIpc) is 2.94. The molecule has 0 aromatic heterocycles. The van der Waals surface area contributed by atoms with Crippen molar-refractivity contribution in [1.82, 2.24) is 5.48 Å². The molecule has 4 rings (SSSR count). The third-order valence-electron chi connectivity index (χ3n) is 7.70. The Morgan fingerprint density at radius 1 is 1.09 bits per heavy atom. The minimum atomic E-state index is 0.216. The Morgan fingerprint density at radius 3 is 2.83 bits per heavy atom. The molecule has 0 heterocycles. The maximum atomic E-state index is 9.52. The molecule has 0 bridgehead atoms. The van der Waals surface area contributed by atoms with Gasteiger partial charge in [0.15, 0.2) is 0 Å². The van der Waals surface area contributed by atoms with E-state index >= 15 is 0 Å². The van der Waals surface area contributed by atoms with Gasteiger partial charge in [0.05, 0.1) is 0 Å². The molecular weight excluding hydrogens is 282 g/mol. The highest BCUT2D eigenvalue weighted by molar-refractivity contribution is 5.30. The van der Waals surface area contributed by atoms with E-state index in [-0.39, 0.29) is 5.41 Å². The van der Waals surface area contributed by atoms with Gasteiger partial charge in [-0.3, -0.25) is 0 Å². The van der Waals surface area contributed by atoms with Crippen molar-refractivity contribution >= 4 is 0 Å². The van der Waals surface area contributed by atoms with Crippen molar-refractivity contribution < 1.29 is 5.21 Å². The molecule has 1 unspecified atom stereocenters. The van der Waals surface area contributed by atoms with E-state index in [1.807, 2.05) is 18.1 Å². The molecule has 2 nitrogen and oxygen atoms in total. The molecule has 0 saturated heterocycles. The van der Waals surface area contributed by atoms with Crippen molar-refractivity contribution in [2.45, 2.75) is 71.1 Å². The van der Waals surface area contributed by atoms with E-state index in [0.29, 0.717) is 5.92 Å². The first kappa shape index (κ1) is 15.7. The first-order valence-electron chi connectivity index (χ1n) is 9.81. The number of allylic oxidation sites excluding steroid dienone is 2. The molecule has 3 saturated carbocycles. The lowest BCUT2D eigenvalue weighted by molar-refractivity contribution is 0.0225. The predicted octanol–water partition coefficient (Wildman–Crippen LogP) is 4.69. The van der Waals surface area contributed by atoms with Crippen molar-refractivity contribution in [3.05, 3.63) is 11.1 Å². The lowest BCUT2D eigenvalue weighted by Gasteiger charge is -2.51. The van der Waals surface area contributed by atoms with Crippen molar-refractivity contribution in [1.29, 1.82) is 0 Å². The normalized spacial score (nSPS) is 42.3. The van der Waals surface area contributed by atoms with E-state index < -0.39 is 0 Å². The van der Waals surface area contributed by atoms with Crippen molar-refractivity contribution in [3.8, 4) is 11.8 Å². The minimum Gasteiger partial charge on any atom is -0.317 e. The van der Waals surface area contributed by atoms with Crippen LogP contribution < -0.4 is 5.48 Å². The summed E-state index contributed by atoms with van der Waals surface area (Å²) in [6.07, 6.45) is 13.6. The van der Waals surface area contributed by atoms with Crippen LogP contribution in [-0.2, 0) is 0 Å². The predicted molar refractivity (Wildman–Crippen MR) is 92.8 cm³/mol. The van der Waals surface area contributed by atoms with Gasteiger partial charge in [-0.25, -0.2) is 5.48 Å². The molecule has 5 atom stereocenters. The Hall–Kier alpha value is -0.780. The summed E-state index contributed by atoms with van der Waals surface area (Å²) in [5.74, 6) is 9.62. The zero-order valence-electron chi connectivity index (χ0n) is 14.5. The fraction of sp³-hybridized carbons (Fsp3) is 0.810. The van der Waals surface area contributed by atoms with Gasteiger partial charge in [-0.05, 0) is 82.5 Å². The van der Waals surface area contributed by atoms with E-state index in [4.69, 9.17) is 0 Å². The van der Waals surface area contributed by atoms with E-state index in [1.54, 1.807) is 0 Å². The van der Waals surface area contributed by atoms with Gasteiger partial charge in [-0.15, -0.1) is 5.92 Å². The van der Waals surface area contributed by atoms with E-state index in [9.17, 15) is 5.21 Å². The number of nitrogens with one attached hydrogen (secondary N) is 1. The van der Waals surface area contributed by atoms with Crippen LogP contribution in [0.1, 0.15) is 71.1 Å². The monoisotopic (exact) mass is 313 g/mol. The summed E-state index contributed by atoms with van der Waals surface area (Å²) in [6, 6.07) is 0. The van der Waals surface area contributed by atoms with Crippen LogP contribution in [0.5, 0.6) is 0 Å². The van der Waals surface area contributed by atoms with Crippen molar-refractivity contribution in [2.24, 2.45) is 29.1 Å². The van der Waals surface area contributed by atoms with Crippen LogP contribution in [0.3, 0.4) is 0 Å². The Labute approximate surface area is 141 Å². The van der Waals surface area contributed by atoms with E-state index in [1.165, 1.54) is 64.2 Å². The van der Waals surface area contributed by atoms with Gasteiger partial charge in [-0.2, -0.15) is 0 Å². The molecule has 4 aliphatic rings. The fourth-order valence-electron chi connectivity index (χ4n) is 6.80. The molecule has 0 aliphatic heterocycles. The molecule has 0 spiro atoms. The van der Waals surface area contributed by atoms with E-state index in [2.05, 4.69) is 17.3 Å². The number of fused-ring (bicyclic) bond motifs is 4. The van der Waals surface area contributed by atoms with Gasteiger partial charge in [0, 0.05) is 17.9 Å². The highest BCUT2D eigenvalue weighted by Crippen LogP contribution is 2.62. The first-order chi connectivity index (χ1) is 11.3. The van der Waals surface area contributed by atoms with Gasteiger partial charge < -0.3 is 5.21 Å². The Bertz CT molecular complexity index is 554. The molecule has 126 valence electrons. The number of rotatable bonds is 2. The summed E-state index contributed by atoms with van der Waals surface area (Å²) in [5, 5.41) is 9.52. The van der Waals surface area contributed by atoms with Crippen LogP contribution in [0.2, 0.25) is 0 Å². The standard InChI is InChI=1S/C21H31NO/c1-2-5-16-9-11-20-19-10-8-15-6-3-4-7-17(15)18(19)12-13-21(16,20)14-22-23/h15-16,19-20,22-23H,3-4,6-14H2,1H3/t15?,16-,19-,20+,21+/m1/s1. The number of hydrogen-bond donors (Lipinski definition) is 2. The second-order valence-corrected chi connectivity index (χ2v) is 8.38. The van der Waals surface area contributed by atoms with Gasteiger partial charge in [0.25, 0.3) is 0 Å². The quantitative estimate of drug-likeness (QED) is 0.440. The third kappa shape index (κ3) is 2.39. The van der Waals surface area contributed by atoms with Gasteiger partial charge >= 0.3 is 0 Å². The largest absolute Gasteiger partial charge is 0.317 e. The van der Waals surface area contributed by atoms with E-state index in [0.717, 1.165) is 24.3 Å². The fourth-order valence-corrected chi connectivity index (χ4v) is 6.80. The summed E-state index contributed by atoms with van der Waals surface area (Å²) in [5.41, 5.74) is 6.52.